The first-order valence-electron chi connectivity index (χ1n) is 8.40. The predicted octanol–water partition coefficient (Wildman–Crippen LogP) is 3.34. The van der Waals surface area contributed by atoms with E-state index in [9.17, 15) is 9.59 Å². The number of hydrogen-bond acceptors (Lipinski definition) is 4. The Morgan fingerprint density at radius 3 is 2.92 bits per heavy atom. The minimum atomic E-state index is -0.210. The Balaban J connectivity index is 1.74. The number of carbonyl (C=O) groups is 2. The molecular weight excluding hydrogens is 398 g/mol. The van der Waals surface area contributed by atoms with Crippen molar-refractivity contribution in [3.8, 4) is 5.75 Å². The summed E-state index contributed by atoms with van der Waals surface area (Å²) in [5.41, 5.74) is 2.12. The highest BCUT2D eigenvalue weighted by Gasteiger charge is 2.22. The standard InChI is InChI=1S/C19H20BrN3O3/c1-11(2)14(12-4-3-5-21-8-12)9-22-19(25)13-6-17-16(7-15(13)20)23-18(24)10-26-17/h3-8,11,14H,9-10H2,1-2H3,(H,22,25)(H,23,24). The molecule has 1 aliphatic rings. The van der Waals surface area contributed by atoms with Crippen LogP contribution in [0.2, 0.25) is 0 Å². The number of amides is 2. The summed E-state index contributed by atoms with van der Waals surface area (Å²) in [4.78, 5) is 28.2. The van der Waals surface area contributed by atoms with Gasteiger partial charge in [0, 0.05) is 29.3 Å². The summed E-state index contributed by atoms with van der Waals surface area (Å²) in [6.07, 6.45) is 3.57. The zero-order valence-corrected chi connectivity index (χ0v) is 16.2. The lowest BCUT2D eigenvalue weighted by molar-refractivity contribution is -0.118. The molecule has 2 aromatic rings. The maximum atomic E-state index is 12.7. The summed E-state index contributed by atoms with van der Waals surface area (Å²) < 4.78 is 5.99. The number of nitrogens with zero attached hydrogens (tertiary/aromatic N) is 1. The maximum absolute atomic E-state index is 12.7. The van der Waals surface area contributed by atoms with Gasteiger partial charge < -0.3 is 15.4 Å². The highest BCUT2D eigenvalue weighted by atomic mass is 79.9. The molecule has 0 aliphatic carbocycles. The fourth-order valence-corrected chi connectivity index (χ4v) is 3.43. The van der Waals surface area contributed by atoms with Crippen LogP contribution in [0.5, 0.6) is 5.75 Å². The number of halogens is 1. The van der Waals surface area contributed by atoms with Crippen LogP contribution in [0.4, 0.5) is 5.69 Å². The molecule has 0 spiro atoms. The van der Waals surface area contributed by atoms with Crippen molar-refractivity contribution in [1.82, 2.24) is 10.3 Å². The molecule has 2 N–H and O–H groups in total. The Hall–Kier alpha value is -2.41. The molecule has 0 saturated carbocycles. The summed E-state index contributed by atoms with van der Waals surface area (Å²) in [5, 5.41) is 5.72. The highest BCUT2D eigenvalue weighted by Crippen LogP contribution is 2.33. The van der Waals surface area contributed by atoms with Gasteiger partial charge >= 0.3 is 0 Å². The van der Waals surface area contributed by atoms with Crippen LogP contribution in [-0.4, -0.2) is 29.9 Å². The number of fused-ring (bicyclic) bond motifs is 1. The Labute approximate surface area is 160 Å². The molecular formula is C19H20BrN3O3. The lowest BCUT2D eigenvalue weighted by Crippen LogP contribution is -2.31. The van der Waals surface area contributed by atoms with Crippen LogP contribution in [0.15, 0.2) is 41.1 Å². The first-order valence-corrected chi connectivity index (χ1v) is 9.19. The van der Waals surface area contributed by atoms with E-state index in [2.05, 4.69) is 45.4 Å². The van der Waals surface area contributed by atoms with Crippen molar-refractivity contribution in [2.45, 2.75) is 19.8 Å². The molecule has 2 amide bonds. The zero-order valence-electron chi connectivity index (χ0n) is 14.6. The van der Waals surface area contributed by atoms with Gasteiger partial charge in [0.1, 0.15) is 5.75 Å². The van der Waals surface area contributed by atoms with Crippen molar-refractivity contribution >= 4 is 33.4 Å². The summed E-state index contributed by atoms with van der Waals surface area (Å²) in [6.45, 7) is 4.69. The summed E-state index contributed by atoms with van der Waals surface area (Å²) in [5.74, 6) is 0.600. The molecule has 7 heteroatoms. The van der Waals surface area contributed by atoms with Gasteiger partial charge in [0.15, 0.2) is 6.61 Å². The molecule has 2 heterocycles. The topological polar surface area (TPSA) is 80.3 Å². The number of rotatable bonds is 5. The molecule has 0 saturated heterocycles. The Morgan fingerprint density at radius 2 is 2.23 bits per heavy atom. The van der Waals surface area contributed by atoms with Crippen LogP contribution in [0, 0.1) is 5.92 Å². The molecule has 6 nitrogen and oxygen atoms in total. The third-order valence-electron chi connectivity index (χ3n) is 4.35. The smallest absolute Gasteiger partial charge is 0.262 e. The average molecular weight is 418 g/mol. The summed E-state index contributed by atoms with van der Waals surface area (Å²) >= 11 is 3.40. The monoisotopic (exact) mass is 417 g/mol. The summed E-state index contributed by atoms with van der Waals surface area (Å²) in [7, 11) is 0. The van der Waals surface area contributed by atoms with E-state index in [0.717, 1.165) is 5.56 Å². The van der Waals surface area contributed by atoms with E-state index < -0.39 is 0 Å². The van der Waals surface area contributed by atoms with E-state index >= 15 is 0 Å². The van der Waals surface area contributed by atoms with Gasteiger partial charge in [-0.2, -0.15) is 0 Å². The second kappa shape index (κ2) is 7.86. The van der Waals surface area contributed by atoms with Gasteiger partial charge in [0.2, 0.25) is 0 Å². The number of pyridine rings is 1. The number of hydrogen-bond donors (Lipinski definition) is 2. The first-order chi connectivity index (χ1) is 12.5. The quantitative estimate of drug-likeness (QED) is 0.781. The molecule has 3 rings (SSSR count). The second-order valence-electron chi connectivity index (χ2n) is 6.51. The predicted molar refractivity (Wildman–Crippen MR) is 102 cm³/mol. The third-order valence-corrected chi connectivity index (χ3v) is 5.00. The largest absolute Gasteiger partial charge is 0.482 e. The fourth-order valence-electron chi connectivity index (χ4n) is 2.91. The number of carbonyl (C=O) groups excluding carboxylic acids is 2. The van der Waals surface area contributed by atoms with E-state index in [1.807, 2.05) is 18.3 Å². The molecule has 1 aromatic heterocycles. The van der Waals surface area contributed by atoms with Crippen LogP contribution in [0.25, 0.3) is 0 Å². The van der Waals surface area contributed by atoms with Crippen LogP contribution in [-0.2, 0) is 4.79 Å². The molecule has 1 aromatic carbocycles. The number of benzene rings is 1. The van der Waals surface area contributed by atoms with E-state index in [4.69, 9.17) is 4.74 Å². The number of ether oxygens (including phenoxy) is 1. The number of nitrogens with one attached hydrogen (secondary N) is 2. The van der Waals surface area contributed by atoms with Crippen molar-refractivity contribution in [2.24, 2.45) is 5.92 Å². The second-order valence-corrected chi connectivity index (χ2v) is 7.37. The molecule has 26 heavy (non-hydrogen) atoms. The molecule has 1 atom stereocenters. The van der Waals surface area contributed by atoms with Gasteiger partial charge in [-0.05, 0) is 45.6 Å². The lowest BCUT2D eigenvalue weighted by Gasteiger charge is -2.22. The molecule has 136 valence electrons. The molecule has 0 radical (unpaired) electrons. The first kappa shape index (κ1) is 18.4. The minimum absolute atomic E-state index is 0.0495. The van der Waals surface area contributed by atoms with Gasteiger partial charge in [0.25, 0.3) is 11.8 Å². The van der Waals surface area contributed by atoms with Gasteiger partial charge in [-0.15, -0.1) is 0 Å². The maximum Gasteiger partial charge on any atom is 0.262 e. The normalized spacial score (nSPS) is 14.2. The van der Waals surface area contributed by atoms with Gasteiger partial charge in [0.05, 0.1) is 11.3 Å². The van der Waals surface area contributed by atoms with Crippen molar-refractivity contribution in [3.63, 3.8) is 0 Å². The van der Waals surface area contributed by atoms with Crippen molar-refractivity contribution in [3.05, 3.63) is 52.3 Å². The van der Waals surface area contributed by atoms with E-state index in [0.29, 0.717) is 33.9 Å². The van der Waals surface area contributed by atoms with Crippen LogP contribution in [0.1, 0.15) is 35.7 Å². The Bertz CT molecular complexity index is 824. The molecule has 1 aliphatic heterocycles. The molecule has 0 fully saturated rings. The fraction of sp³-hybridized carbons (Fsp3) is 0.316. The van der Waals surface area contributed by atoms with Crippen molar-refractivity contribution in [1.29, 1.82) is 0 Å². The van der Waals surface area contributed by atoms with Gasteiger partial charge in [-0.3, -0.25) is 14.6 Å². The average Bonchev–Trinajstić information content (AvgIpc) is 2.61. The van der Waals surface area contributed by atoms with Crippen LogP contribution < -0.4 is 15.4 Å². The van der Waals surface area contributed by atoms with Crippen LogP contribution >= 0.6 is 15.9 Å². The molecule has 0 bridgehead atoms. The van der Waals surface area contributed by atoms with E-state index in [1.165, 1.54) is 0 Å². The zero-order chi connectivity index (χ0) is 18.7. The minimum Gasteiger partial charge on any atom is -0.482 e. The van der Waals surface area contributed by atoms with Gasteiger partial charge in [-0.1, -0.05) is 19.9 Å². The van der Waals surface area contributed by atoms with Gasteiger partial charge in [-0.25, -0.2) is 0 Å². The van der Waals surface area contributed by atoms with Crippen molar-refractivity contribution < 1.29 is 14.3 Å². The Morgan fingerprint density at radius 1 is 1.42 bits per heavy atom. The lowest BCUT2D eigenvalue weighted by atomic mass is 9.89. The summed E-state index contributed by atoms with van der Waals surface area (Å²) in [6, 6.07) is 7.25. The third kappa shape index (κ3) is 4.04. The van der Waals surface area contributed by atoms with Crippen molar-refractivity contribution in [2.75, 3.05) is 18.5 Å². The SMILES string of the molecule is CC(C)C(CNC(=O)c1cc2c(cc1Br)NC(=O)CO2)c1cccnc1. The van der Waals surface area contributed by atoms with Crippen LogP contribution in [0.3, 0.4) is 0 Å². The van der Waals surface area contributed by atoms with E-state index in [1.54, 1.807) is 18.3 Å². The number of aromatic nitrogens is 1. The van der Waals surface area contributed by atoms with E-state index in [-0.39, 0.29) is 24.3 Å². The number of anilines is 1. The molecule has 1 unspecified atom stereocenters. The Kier molecular flexibility index (Phi) is 5.56. The highest BCUT2D eigenvalue weighted by molar-refractivity contribution is 9.10.